The maximum Gasteiger partial charge on any atom is 0.318 e. The summed E-state index contributed by atoms with van der Waals surface area (Å²) in [6.45, 7) is 3.48. The van der Waals surface area contributed by atoms with E-state index in [1.54, 1.807) is 25.3 Å². The molecule has 1 N–H and O–H groups in total. The number of methoxy groups -OCH3 is 2. The summed E-state index contributed by atoms with van der Waals surface area (Å²) < 4.78 is 10.5. The fourth-order valence-electron chi connectivity index (χ4n) is 3.11. The van der Waals surface area contributed by atoms with Crippen LogP contribution in [0.4, 0.5) is 4.79 Å². The number of hydrogen-bond acceptors (Lipinski definition) is 5. The molecule has 0 bridgehead atoms. The number of rotatable bonds is 5. The van der Waals surface area contributed by atoms with Gasteiger partial charge >= 0.3 is 6.03 Å². The van der Waals surface area contributed by atoms with Gasteiger partial charge in [0.25, 0.3) is 0 Å². The maximum atomic E-state index is 12.7. The van der Waals surface area contributed by atoms with Gasteiger partial charge in [-0.25, -0.2) is 14.8 Å². The molecule has 26 heavy (non-hydrogen) atoms. The van der Waals surface area contributed by atoms with Crippen LogP contribution >= 0.6 is 0 Å². The van der Waals surface area contributed by atoms with E-state index in [9.17, 15) is 4.79 Å². The van der Waals surface area contributed by atoms with E-state index in [4.69, 9.17) is 9.47 Å². The minimum atomic E-state index is -0.152. The highest BCUT2D eigenvalue weighted by Gasteiger charge is 2.24. The average molecular weight is 356 g/mol. The van der Waals surface area contributed by atoms with Crippen molar-refractivity contribution in [2.24, 2.45) is 0 Å². The Morgan fingerprint density at radius 1 is 1.35 bits per heavy atom. The number of ether oxygens (including phenoxy) is 2. The van der Waals surface area contributed by atoms with Crippen LogP contribution in [0.3, 0.4) is 0 Å². The molecule has 1 aliphatic rings. The molecule has 1 atom stereocenters. The van der Waals surface area contributed by atoms with Gasteiger partial charge in [-0.3, -0.25) is 0 Å². The predicted molar refractivity (Wildman–Crippen MR) is 96.8 cm³/mol. The number of urea groups is 1. The molecule has 2 aromatic rings. The number of fused-ring (bicyclic) bond motifs is 1. The lowest BCUT2D eigenvalue weighted by Crippen LogP contribution is -2.43. The Bertz CT molecular complexity index is 781. The van der Waals surface area contributed by atoms with Gasteiger partial charge in [-0.05, 0) is 13.0 Å². The molecule has 1 unspecified atom stereocenters. The van der Waals surface area contributed by atoms with Crippen LogP contribution in [-0.2, 0) is 24.3 Å². The van der Waals surface area contributed by atoms with Crippen LogP contribution in [0, 0.1) is 0 Å². The van der Waals surface area contributed by atoms with Gasteiger partial charge in [0.15, 0.2) is 5.82 Å². The van der Waals surface area contributed by atoms with E-state index in [1.165, 1.54) is 0 Å². The molecule has 1 aliphatic heterocycles. The van der Waals surface area contributed by atoms with Gasteiger partial charge in [-0.2, -0.15) is 0 Å². The second-order valence-corrected chi connectivity index (χ2v) is 6.28. The Morgan fingerprint density at radius 2 is 2.15 bits per heavy atom. The zero-order valence-electron chi connectivity index (χ0n) is 15.4. The number of carbonyl (C=O) groups excluding carboxylic acids is 1. The third kappa shape index (κ3) is 3.94. The molecule has 7 nitrogen and oxygen atoms in total. The number of amides is 2. The minimum absolute atomic E-state index is 0.102. The fourth-order valence-corrected chi connectivity index (χ4v) is 3.11. The molecule has 0 saturated carbocycles. The molecule has 0 saturated heterocycles. The lowest BCUT2D eigenvalue weighted by Gasteiger charge is -2.30. The highest BCUT2D eigenvalue weighted by atomic mass is 16.5. The van der Waals surface area contributed by atoms with E-state index in [-0.39, 0.29) is 12.1 Å². The summed E-state index contributed by atoms with van der Waals surface area (Å²) >= 11 is 0. The second-order valence-electron chi connectivity index (χ2n) is 6.28. The quantitative estimate of drug-likeness (QED) is 0.890. The van der Waals surface area contributed by atoms with Gasteiger partial charge in [0.1, 0.15) is 12.4 Å². The Balaban J connectivity index is 1.66. The molecule has 3 rings (SSSR count). The smallest absolute Gasteiger partial charge is 0.318 e. The zero-order valence-corrected chi connectivity index (χ0v) is 15.4. The van der Waals surface area contributed by atoms with Crippen LogP contribution in [0.2, 0.25) is 0 Å². The molecule has 0 aliphatic carbocycles. The first-order valence-corrected chi connectivity index (χ1v) is 8.63. The summed E-state index contributed by atoms with van der Waals surface area (Å²) in [4.78, 5) is 23.3. The molecule has 138 valence electrons. The number of aromatic nitrogens is 2. The first-order chi connectivity index (χ1) is 12.6. The van der Waals surface area contributed by atoms with Gasteiger partial charge in [0, 0.05) is 37.4 Å². The molecule has 2 heterocycles. The van der Waals surface area contributed by atoms with Crippen molar-refractivity contribution in [3.63, 3.8) is 0 Å². The van der Waals surface area contributed by atoms with Crippen LogP contribution in [0.5, 0.6) is 5.75 Å². The SMILES string of the molecule is COCc1ncc2c(n1)CCN(C(=O)NC(C)c1ccccc1OC)C2. The molecular formula is C19H24N4O3. The molecule has 0 radical (unpaired) electrons. The van der Waals surface area contributed by atoms with E-state index < -0.39 is 0 Å². The van der Waals surface area contributed by atoms with Gasteiger partial charge < -0.3 is 19.7 Å². The molecule has 7 heteroatoms. The maximum absolute atomic E-state index is 12.7. The first kappa shape index (κ1) is 18.1. The van der Waals surface area contributed by atoms with Crippen LogP contribution < -0.4 is 10.1 Å². The number of carbonyl (C=O) groups is 1. The molecule has 1 aromatic heterocycles. The number of para-hydroxylation sites is 1. The first-order valence-electron chi connectivity index (χ1n) is 8.63. The van der Waals surface area contributed by atoms with Crippen LogP contribution in [0.15, 0.2) is 30.5 Å². The average Bonchev–Trinajstić information content (AvgIpc) is 2.67. The molecule has 1 aromatic carbocycles. The van der Waals surface area contributed by atoms with Crippen molar-refractivity contribution in [2.75, 3.05) is 20.8 Å². The summed E-state index contributed by atoms with van der Waals surface area (Å²) in [7, 11) is 3.25. The van der Waals surface area contributed by atoms with E-state index in [0.29, 0.717) is 31.9 Å². The molecule has 0 spiro atoms. The Kier molecular flexibility index (Phi) is 5.68. The van der Waals surface area contributed by atoms with Crippen molar-refractivity contribution in [1.82, 2.24) is 20.2 Å². The summed E-state index contributed by atoms with van der Waals surface area (Å²) in [5.41, 5.74) is 2.93. The van der Waals surface area contributed by atoms with Crippen molar-refractivity contribution < 1.29 is 14.3 Å². The Labute approximate surface area is 153 Å². The number of benzene rings is 1. The summed E-state index contributed by atoms with van der Waals surface area (Å²) in [5.74, 6) is 1.44. The van der Waals surface area contributed by atoms with Crippen molar-refractivity contribution in [3.05, 3.63) is 53.1 Å². The minimum Gasteiger partial charge on any atom is -0.496 e. The van der Waals surface area contributed by atoms with Crippen LogP contribution in [0.25, 0.3) is 0 Å². The second kappa shape index (κ2) is 8.14. The van der Waals surface area contributed by atoms with Gasteiger partial charge in [-0.15, -0.1) is 0 Å². The van der Waals surface area contributed by atoms with E-state index in [1.807, 2.05) is 31.2 Å². The van der Waals surface area contributed by atoms with Crippen molar-refractivity contribution in [3.8, 4) is 5.75 Å². The van der Waals surface area contributed by atoms with E-state index in [2.05, 4.69) is 15.3 Å². The normalized spacial score (nSPS) is 14.5. The van der Waals surface area contributed by atoms with E-state index in [0.717, 1.165) is 22.6 Å². The van der Waals surface area contributed by atoms with Crippen LogP contribution in [-0.4, -0.2) is 41.7 Å². The summed E-state index contributed by atoms with van der Waals surface area (Å²) in [6.07, 6.45) is 2.50. The molecule has 2 amide bonds. The topological polar surface area (TPSA) is 76.6 Å². The molecular weight excluding hydrogens is 332 g/mol. The fraction of sp³-hybridized carbons (Fsp3) is 0.421. The largest absolute Gasteiger partial charge is 0.496 e. The van der Waals surface area contributed by atoms with E-state index >= 15 is 0 Å². The number of nitrogens with zero attached hydrogens (tertiary/aromatic N) is 3. The molecule has 0 fully saturated rings. The van der Waals surface area contributed by atoms with Gasteiger partial charge in [-0.1, -0.05) is 18.2 Å². The van der Waals surface area contributed by atoms with Crippen molar-refractivity contribution in [1.29, 1.82) is 0 Å². The number of nitrogens with one attached hydrogen (secondary N) is 1. The van der Waals surface area contributed by atoms with Crippen molar-refractivity contribution in [2.45, 2.75) is 32.5 Å². The van der Waals surface area contributed by atoms with Crippen molar-refractivity contribution >= 4 is 6.03 Å². The standard InChI is InChI=1S/C19H24N4O3/c1-13(15-6-4-5-7-17(15)26-3)21-19(24)23-9-8-16-14(11-23)10-20-18(22-16)12-25-2/h4-7,10,13H,8-9,11-12H2,1-3H3,(H,21,24). The predicted octanol–water partition coefficient (Wildman–Crippen LogP) is 2.46. The Hall–Kier alpha value is -2.67. The Morgan fingerprint density at radius 3 is 2.92 bits per heavy atom. The third-order valence-corrected chi connectivity index (χ3v) is 4.49. The third-order valence-electron chi connectivity index (χ3n) is 4.49. The van der Waals surface area contributed by atoms with Gasteiger partial charge in [0.2, 0.25) is 0 Å². The highest BCUT2D eigenvalue weighted by Crippen LogP contribution is 2.25. The monoisotopic (exact) mass is 356 g/mol. The number of hydrogen-bond donors (Lipinski definition) is 1. The lowest BCUT2D eigenvalue weighted by atomic mass is 10.1. The highest BCUT2D eigenvalue weighted by molar-refractivity contribution is 5.75. The van der Waals surface area contributed by atoms with Crippen LogP contribution in [0.1, 0.15) is 35.6 Å². The summed E-state index contributed by atoms with van der Waals surface area (Å²) in [6, 6.07) is 7.45. The lowest BCUT2D eigenvalue weighted by molar-refractivity contribution is 0.176. The summed E-state index contributed by atoms with van der Waals surface area (Å²) in [5, 5.41) is 3.05. The zero-order chi connectivity index (χ0) is 18.5. The van der Waals surface area contributed by atoms with Gasteiger partial charge in [0.05, 0.1) is 25.4 Å².